The Bertz CT molecular complexity index is 1030. The molecule has 0 fully saturated rings. The first-order valence-corrected chi connectivity index (χ1v) is 9.70. The predicted molar refractivity (Wildman–Crippen MR) is 118 cm³/mol. The molecule has 1 heterocycles. The van der Waals surface area contributed by atoms with Crippen LogP contribution in [0.25, 0.3) is 0 Å². The fraction of sp³-hybridized carbons (Fsp3) is 0.190. The minimum absolute atomic E-state index is 0.0545. The second-order valence-electron chi connectivity index (χ2n) is 6.65. The zero-order chi connectivity index (χ0) is 21.5. The number of halogens is 2. The number of anilines is 4. The number of nitrogens with one attached hydrogen (secondary N) is 4. The smallest absolute Gasteiger partial charge is 0.319 e. The summed E-state index contributed by atoms with van der Waals surface area (Å²) in [5.41, 5.74) is 3.33. The minimum Gasteiger partial charge on any atom is -0.352 e. The molecule has 0 radical (unpaired) electrons. The lowest BCUT2D eigenvalue weighted by Gasteiger charge is -2.11. The monoisotopic (exact) mass is 428 g/mol. The van der Waals surface area contributed by atoms with Gasteiger partial charge in [0.05, 0.1) is 5.02 Å². The highest BCUT2D eigenvalue weighted by atomic mass is 35.5. The molecule has 2 aromatic carbocycles. The predicted octanol–water partition coefficient (Wildman–Crippen LogP) is 4.86. The second-order valence-corrected chi connectivity index (χ2v) is 7.05. The number of benzene rings is 2. The maximum Gasteiger partial charge on any atom is 0.319 e. The topological polar surface area (TPSA) is 91.0 Å². The molecule has 0 aliphatic heterocycles. The van der Waals surface area contributed by atoms with Gasteiger partial charge in [-0.05, 0) is 44.2 Å². The number of carbonyl (C=O) groups is 1. The standard InChI is InChI=1S/C21H22ClFN6O/c1-13-3-5-15(6-4-13)27-19-11-14(2)26-20(29-19)24-9-10-25-21(30)28-16-7-8-18(23)17(22)12-16/h3-8,11-12H,9-10H2,1-2H3,(H2,25,28,30)(H2,24,26,27,29). The molecule has 1 aromatic heterocycles. The molecule has 0 atom stereocenters. The van der Waals surface area contributed by atoms with Gasteiger partial charge >= 0.3 is 6.03 Å². The summed E-state index contributed by atoms with van der Waals surface area (Å²) in [5.74, 6) is 0.589. The fourth-order valence-electron chi connectivity index (χ4n) is 2.60. The summed E-state index contributed by atoms with van der Waals surface area (Å²) in [6.07, 6.45) is 0. The Morgan fingerprint density at radius 3 is 2.47 bits per heavy atom. The molecule has 0 aliphatic rings. The van der Waals surface area contributed by atoms with Crippen LogP contribution in [-0.4, -0.2) is 29.1 Å². The highest BCUT2D eigenvalue weighted by Crippen LogP contribution is 2.19. The van der Waals surface area contributed by atoms with Crippen molar-refractivity contribution in [2.45, 2.75) is 13.8 Å². The third-order valence-corrected chi connectivity index (χ3v) is 4.34. The molecular weight excluding hydrogens is 407 g/mol. The maximum absolute atomic E-state index is 13.2. The van der Waals surface area contributed by atoms with E-state index in [1.807, 2.05) is 44.2 Å². The summed E-state index contributed by atoms with van der Waals surface area (Å²) >= 11 is 5.70. The Hall–Kier alpha value is -3.39. The Balaban J connectivity index is 1.48. The summed E-state index contributed by atoms with van der Waals surface area (Å²) in [5, 5.41) is 11.6. The highest BCUT2D eigenvalue weighted by Gasteiger charge is 2.06. The first-order chi connectivity index (χ1) is 14.4. The molecule has 9 heteroatoms. The largest absolute Gasteiger partial charge is 0.352 e. The van der Waals surface area contributed by atoms with Crippen LogP contribution >= 0.6 is 11.6 Å². The van der Waals surface area contributed by atoms with Crippen molar-refractivity contribution < 1.29 is 9.18 Å². The van der Waals surface area contributed by atoms with Gasteiger partial charge in [-0.1, -0.05) is 29.3 Å². The van der Waals surface area contributed by atoms with E-state index in [-0.39, 0.29) is 5.02 Å². The first-order valence-electron chi connectivity index (χ1n) is 9.32. The average molecular weight is 429 g/mol. The Morgan fingerprint density at radius 2 is 1.73 bits per heavy atom. The summed E-state index contributed by atoms with van der Waals surface area (Å²) in [4.78, 5) is 20.7. The molecule has 0 unspecified atom stereocenters. The fourth-order valence-corrected chi connectivity index (χ4v) is 2.78. The summed E-state index contributed by atoms with van der Waals surface area (Å²) < 4.78 is 13.2. The number of aryl methyl sites for hydroxylation is 2. The zero-order valence-electron chi connectivity index (χ0n) is 16.6. The maximum atomic E-state index is 13.2. The molecular formula is C21H22ClFN6O. The van der Waals surface area contributed by atoms with Crippen LogP contribution in [0.1, 0.15) is 11.3 Å². The SMILES string of the molecule is Cc1ccc(Nc2cc(C)nc(NCCNC(=O)Nc3ccc(F)c(Cl)c3)n2)cc1. The van der Waals surface area contributed by atoms with Crippen LogP contribution in [0.2, 0.25) is 5.02 Å². The Morgan fingerprint density at radius 1 is 1.00 bits per heavy atom. The number of rotatable bonds is 7. The molecule has 0 saturated carbocycles. The van der Waals surface area contributed by atoms with Gasteiger partial charge in [0, 0.05) is 36.2 Å². The molecule has 4 N–H and O–H groups in total. The van der Waals surface area contributed by atoms with Gasteiger partial charge in [0.1, 0.15) is 11.6 Å². The van der Waals surface area contributed by atoms with E-state index in [2.05, 4.69) is 31.2 Å². The number of amides is 2. The number of urea groups is 1. The lowest BCUT2D eigenvalue weighted by atomic mass is 10.2. The van der Waals surface area contributed by atoms with Gasteiger partial charge in [0.15, 0.2) is 0 Å². The van der Waals surface area contributed by atoms with Crippen molar-refractivity contribution in [2.24, 2.45) is 0 Å². The van der Waals surface area contributed by atoms with Gasteiger partial charge < -0.3 is 21.3 Å². The van der Waals surface area contributed by atoms with Gasteiger partial charge in [0.25, 0.3) is 0 Å². The number of hydrogen-bond acceptors (Lipinski definition) is 5. The average Bonchev–Trinajstić information content (AvgIpc) is 2.69. The summed E-state index contributed by atoms with van der Waals surface area (Å²) in [6.45, 7) is 4.67. The van der Waals surface area contributed by atoms with Crippen LogP contribution < -0.4 is 21.3 Å². The van der Waals surface area contributed by atoms with Gasteiger partial charge in [-0.2, -0.15) is 4.98 Å². The molecule has 0 bridgehead atoms. The molecule has 30 heavy (non-hydrogen) atoms. The zero-order valence-corrected chi connectivity index (χ0v) is 17.3. The Labute approximate surface area is 179 Å². The number of hydrogen-bond donors (Lipinski definition) is 4. The van der Waals surface area contributed by atoms with Crippen molar-refractivity contribution in [3.05, 3.63) is 70.6 Å². The lowest BCUT2D eigenvalue weighted by Crippen LogP contribution is -2.32. The van der Waals surface area contributed by atoms with Crippen LogP contribution in [0.15, 0.2) is 48.5 Å². The van der Waals surface area contributed by atoms with Crippen LogP contribution in [0.5, 0.6) is 0 Å². The molecule has 156 valence electrons. The second kappa shape index (κ2) is 9.89. The van der Waals surface area contributed by atoms with E-state index in [9.17, 15) is 9.18 Å². The van der Waals surface area contributed by atoms with E-state index in [0.29, 0.717) is 30.5 Å². The summed E-state index contributed by atoms with van der Waals surface area (Å²) in [6, 6.07) is 13.4. The first kappa shape index (κ1) is 21.3. The normalized spacial score (nSPS) is 10.4. The van der Waals surface area contributed by atoms with Crippen molar-refractivity contribution in [3.8, 4) is 0 Å². The molecule has 0 aliphatic carbocycles. The third-order valence-electron chi connectivity index (χ3n) is 4.05. The molecule has 3 aromatic rings. The number of carbonyl (C=O) groups excluding carboxylic acids is 1. The van der Waals surface area contributed by atoms with Gasteiger partial charge in [0.2, 0.25) is 5.95 Å². The van der Waals surface area contributed by atoms with Crippen molar-refractivity contribution in [1.82, 2.24) is 15.3 Å². The van der Waals surface area contributed by atoms with E-state index < -0.39 is 11.8 Å². The van der Waals surface area contributed by atoms with Crippen molar-refractivity contribution in [1.29, 1.82) is 0 Å². The van der Waals surface area contributed by atoms with E-state index in [0.717, 1.165) is 11.4 Å². The highest BCUT2D eigenvalue weighted by molar-refractivity contribution is 6.31. The van der Waals surface area contributed by atoms with Crippen molar-refractivity contribution in [2.75, 3.05) is 29.0 Å². The van der Waals surface area contributed by atoms with Gasteiger partial charge in [-0.3, -0.25) is 0 Å². The summed E-state index contributed by atoms with van der Waals surface area (Å²) in [7, 11) is 0. The minimum atomic E-state index is -0.541. The van der Waals surface area contributed by atoms with Gasteiger partial charge in [-0.15, -0.1) is 0 Å². The molecule has 2 amide bonds. The van der Waals surface area contributed by atoms with E-state index in [4.69, 9.17) is 11.6 Å². The third kappa shape index (κ3) is 6.31. The van der Waals surface area contributed by atoms with E-state index in [1.165, 1.54) is 23.8 Å². The molecule has 7 nitrogen and oxygen atoms in total. The molecule has 0 spiro atoms. The van der Waals surface area contributed by atoms with Crippen molar-refractivity contribution >= 4 is 40.8 Å². The van der Waals surface area contributed by atoms with E-state index >= 15 is 0 Å². The van der Waals surface area contributed by atoms with Crippen LogP contribution in [0.3, 0.4) is 0 Å². The van der Waals surface area contributed by atoms with E-state index in [1.54, 1.807) is 0 Å². The number of aromatic nitrogens is 2. The van der Waals surface area contributed by atoms with Crippen LogP contribution in [0, 0.1) is 19.7 Å². The number of nitrogens with zero attached hydrogens (tertiary/aromatic N) is 2. The van der Waals surface area contributed by atoms with Crippen molar-refractivity contribution in [3.63, 3.8) is 0 Å². The molecule has 3 rings (SSSR count). The quantitative estimate of drug-likeness (QED) is 0.403. The lowest BCUT2D eigenvalue weighted by molar-refractivity contribution is 0.252. The molecule has 0 saturated heterocycles. The van der Waals surface area contributed by atoms with Gasteiger partial charge in [-0.25, -0.2) is 14.2 Å². The Kier molecular flexibility index (Phi) is 7.03. The van der Waals surface area contributed by atoms with Crippen LogP contribution in [0.4, 0.5) is 32.3 Å². The van der Waals surface area contributed by atoms with Crippen LogP contribution in [-0.2, 0) is 0 Å².